The normalized spacial score (nSPS) is 14.8. The lowest BCUT2D eigenvalue weighted by molar-refractivity contribution is -0.0234. The molecule has 72 valence electrons. The van der Waals surface area contributed by atoms with Crippen LogP contribution in [0.4, 0.5) is 0 Å². The highest BCUT2D eigenvalue weighted by Crippen LogP contribution is 2.31. The van der Waals surface area contributed by atoms with E-state index in [1.807, 2.05) is 6.08 Å². The van der Waals surface area contributed by atoms with E-state index in [1.54, 1.807) is 7.11 Å². The van der Waals surface area contributed by atoms with Crippen molar-refractivity contribution in [3.05, 3.63) is 12.7 Å². The molecule has 0 aliphatic carbocycles. The van der Waals surface area contributed by atoms with E-state index in [0.717, 1.165) is 6.42 Å². The summed E-state index contributed by atoms with van der Waals surface area (Å²) in [6.45, 7) is 12.6. The molecular weight excluding hydrogens is 148 g/mol. The average molecular weight is 170 g/mol. The van der Waals surface area contributed by atoms with Crippen molar-refractivity contribution in [2.45, 2.75) is 40.2 Å². The lowest BCUT2D eigenvalue weighted by atomic mass is 9.78. The maximum atomic E-state index is 5.48. The third-order valence-electron chi connectivity index (χ3n) is 2.30. The zero-order valence-electron chi connectivity index (χ0n) is 9.05. The van der Waals surface area contributed by atoms with E-state index in [0.29, 0.717) is 12.0 Å². The molecule has 0 saturated heterocycles. The van der Waals surface area contributed by atoms with Gasteiger partial charge >= 0.3 is 0 Å². The Hall–Kier alpha value is -0.300. The van der Waals surface area contributed by atoms with Crippen molar-refractivity contribution < 1.29 is 4.74 Å². The van der Waals surface area contributed by atoms with Gasteiger partial charge in [0.05, 0.1) is 6.10 Å². The fourth-order valence-electron chi connectivity index (χ4n) is 1.98. The maximum absolute atomic E-state index is 5.48. The molecule has 0 spiro atoms. The van der Waals surface area contributed by atoms with Crippen LogP contribution >= 0.6 is 0 Å². The highest BCUT2D eigenvalue weighted by Gasteiger charge is 2.30. The molecule has 0 N–H and O–H groups in total. The Morgan fingerprint density at radius 3 is 2.17 bits per heavy atom. The van der Waals surface area contributed by atoms with E-state index >= 15 is 0 Å². The lowest BCUT2D eigenvalue weighted by Gasteiger charge is -2.35. The highest BCUT2D eigenvalue weighted by molar-refractivity contribution is 4.87. The van der Waals surface area contributed by atoms with E-state index in [2.05, 4.69) is 34.3 Å². The van der Waals surface area contributed by atoms with Crippen LogP contribution in [0.5, 0.6) is 0 Å². The van der Waals surface area contributed by atoms with Crippen molar-refractivity contribution >= 4 is 0 Å². The third kappa shape index (κ3) is 2.98. The molecule has 0 aromatic heterocycles. The van der Waals surface area contributed by atoms with Crippen LogP contribution in [0, 0.1) is 11.3 Å². The maximum Gasteiger partial charge on any atom is 0.0648 e. The van der Waals surface area contributed by atoms with Gasteiger partial charge in [0.25, 0.3) is 0 Å². The summed E-state index contributed by atoms with van der Waals surface area (Å²) in [5.41, 5.74) is 0.199. The molecule has 12 heavy (non-hydrogen) atoms. The van der Waals surface area contributed by atoms with Crippen molar-refractivity contribution in [2.24, 2.45) is 11.3 Å². The largest absolute Gasteiger partial charge is 0.381 e. The Balaban J connectivity index is 4.35. The number of allylic oxidation sites excluding steroid dienone is 1. The minimum Gasteiger partial charge on any atom is -0.381 e. The molecule has 0 aliphatic rings. The number of ether oxygens (including phenoxy) is 1. The van der Waals surface area contributed by atoms with Crippen LogP contribution in [0.25, 0.3) is 0 Å². The van der Waals surface area contributed by atoms with Gasteiger partial charge in [-0.2, -0.15) is 0 Å². The van der Waals surface area contributed by atoms with Gasteiger partial charge in [0.1, 0.15) is 0 Å². The molecule has 0 fully saturated rings. The van der Waals surface area contributed by atoms with Gasteiger partial charge in [-0.3, -0.25) is 0 Å². The van der Waals surface area contributed by atoms with E-state index in [4.69, 9.17) is 4.74 Å². The molecule has 1 atom stereocenters. The summed E-state index contributed by atoms with van der Waals surface area (Å²) >= 11 is 0. The second-order valence-electron chi connectivity index (χ2n) is 4.38. The quantitative estimate of drug-likeness (QED) is 0.575. The number of hydrogen-bond donors (Lipinski definition) is 0. The van der Waals surface area contributed by atoms with Crippen molar-refractivity contribution in [3.63, 3.8) is 0 Å². The summed E-state index contributed by atoms with van der Waals surface area (Å²) in [4.78, 5) is 0. The highest BCUT2D eigenvalue weighted by atomic mass is 16.5. The van der Waals surface area contributed by atoms with E-state index in [9.17, 15) is 0 Å². The van der Waals surface area contributed by atoms with Crippen LogP contribution in [0.3, 0.4) is 0 Å². The topological polar surface area (TPSA) is 9.23 Å². The Labute approximate surface area is 76.8 Å². The molecule has 0 aromatic carbocycles. The van der Waals surface area contributed by atoms with Crippen molar-refractivity contribution in [3.8, 4) is 0 Å². The molecule has 0 aliphatic heterocycles. The molecule has 1 heteroatoms. The monoisotopic (exact) mass is 170 g/mol. The molecule has 1 nitrogen and oxygen atoms in total. The van der Waals surface area contributed by atoms with Gasteiger partial charge in [0.15, 0.2) is 0 Å². The van der Waals surface area contributed by atoms with Gasteiger partial charge < -0.3 is 4.74 Å². The molecule has 0 amide bonds. The van der Waals surface area contributed by atoms with E-state index < -0.39 is 0 Å². The van der Waals surface area contributed by atoms with Crippen molar-refractivity contribution in [2.75, 3.05) is 7.11 Å². The van der Waals surface area contributed by atoms with Crippen LogP contribution in [-0.2, 0) is 4.74 Å². The molecule has 1 unspecified atom stereocenters. The van der Waals surface area contributed by atoms with Gasteiger partial charge in [-0.05, 0) is 17.8 Å². The molecule has 0 bridgehead atoms. The minimum atomic E-state index is 0.199. The molecule has 0 aromatic rings. The first-order valence-corrected chi connectivity index (χ1v) is 4.59. The molecule has 0 saturated carbocycles. The summed E-state index contributed by atoms with van der Waals surface area (Å²) in [7, 11) is 1.79. The summed E-state index contributed by atoms with van der Waals surface area (Å²) in [6, 6.07) is 0. The van der Waals surface area contributed by atoms with Gasteiger partial charge in [0.2, 0.25) is 0 Å². The van der Waals surface area contributed by atoms with Crippen LogP contribution in [0.15, 0.2) is 12.7 Å². The van der Waals surface area contributed by atoms with Crippen LogP contribution in [-0.4, -0.2) is 13.2 Å². The average Bonchev–Trinajstić information content (AvgIpc) is 1.86. The van der Waals surface area contributed by atoms with Gasteiger partial charge in [-0.25, -0.2) is 0 Å². The summed E-state index contributed by atoms with van der Waals surface area (Å²) in [5.74, 6) is 0.560. The SMILES string of the molecule is C=CCC(C)(C)C(OC)C(C)C. The fourth-order valence-corrected chi connectivity index (χ4v) is 1.98. The van der Waals surface area contributed by atoms with E-state index in [-0.39, 0.29) is 5.41 Å². The van der Waals surface area contributed by atoms with Gasteiger partial charge in [0, 0.05) is 7.11 Å². The molecule has 0 rings (SSSR count). The predicted octanol–water partition coefficient (Wildman–Crippen LogP) is 3.26. The second kappa shape index (κ2) is 4.66. The lowest BCUT2D eigenvalue weighted by Crippen LogP contribution is -2.35. The molecule has 0 heterocycles. The minimum absolute atomic E-state index is 0.199. The first-order chi connectivity index (χ1) is 5.45. The van der Waals surface area contributed by atoms with Gasteiger partial charge in [-0.1, -0.05) is 33.8 Å². The van der Waals surface area contributed by atoms with Crippen LogP contribution in [0.1, 0.15) is 34.1 Å². The zero-order valence-corrected chi connectivity index (χ0v) is 9.05. The predicted molar refractivity (Wildman–Crippen MR) is 54.2 cm³/mol. The Bertz CT molecular complexity index is 136. The summed E-state index contributed by atoms with van der Waals surface area (Å²) in [6.07, 6.45) is 3.29. The van der Waals surface area contributed by atoms with E-state index in [1.165, 1.54) is 0 Å². The van der Waals surface area contributed by atoms with Crippen LogP contribution < -0.4 is 0 Å². The molecule has 0 radical (unpaired) electrons. The Morgan fingerprint density at radius 2 is 1.92 bits per heavy atom. The Morgan fingerprint density at radius 1 is 1.42 bits per heavy atom. The number of hydrogen-bond acceptors (Lipinski definition) is 1. The third-order valence-corrected chi connectivity index (χ3v) is 2.30. The van der Waals surface area contributed by atoms with Crippen LogP contribution in [0.2, 0.25) is 0 Å². The van der Waals surface area contributed by atoms with Gasteiger partial charge in [-0.15, -0.1) is 6.58 Å². The summed E-state index contributed by atoms with van der Waals surface area (Å²) in [5, 5.41) is 0. The van der Waals surface area contributed by atoms with Crippen molar-refractivity contribution in [1.29, 1.82) is 0 Å². The summed E-state index contributed by atoms with van der Waals surface area (Å²) < 4.78 is 5.48. The number of rotatable bonds is 5. The first kappa shape index (κ1) is 11.7. The number of methoxy groups -OCH3 is 1. The smallest absolute Gasteiger partial charge is 0.0648 e. The second-order valence-corrected chi connectivity index (χ2v) is 4.38. The fraction of sp³-hybridized carbons (Fsp3) is 0.818. The first-order valence-electron chi connectivity index (χ1n) is 4.59. The Kier molecular flexibility index (Phi) is 4.54. The van der Waals surface area contributed by atoms with Crippen molar-refractivity contribution in [1.82, 2.24) is 0 Å². The standard InChI is InChI=1S/C11H22O/c1-7-8-11(4,5)10(12-6)9(2)3/h7,9-10H,1,8H2,2-6H3. The molecular formula is C11H22O. The zero-order chi connectivity index (χ0) is 9.78.